The van der Waals surface area contributed by atoms with Crippen molar-refractivity contribution in [2.45, 2.75) is 31.3 Å². The summed E-state index contributed by atoms with van der Waals surface area (Å²) < 4.78 is 5.33. The number of nitrogens with zero attached hydrogens (tertiary/aromatic N) is 4. The lowest BCUT2D eigenvalue weighted by atomic mass is 10.2. The van der Waals surface area contributed by atoms with E-state index in [1.165, 1.54) is 12.8 Å². The molecule has 1 aromatic heterocycles. The minimum atomic E-state index is 0.389. The van der Waals surface area contributed by atoms with Crippen LogP contribution in [-0.2, 0) is 6.54 Å². The Morgan fingerprint density at radius 1 is 1.39 bits per heavy atom. The lowest BCUT2D eigenvalue weighted by Crippen LogP contribution is -2.54. The van der Waals surface area contributed by atoms with E-state index < -0.39 is 0 Å². The van der Waals surface area contributed by atoms with Crippen molar-refractivity contribution in [2.75, 3.05) is 33.2 Å². The minimum Gasteiger partial charge on any atom is -0.338 e. The lowest BCUT2D eigenvalue weighted by Gasteiger charge is -2.38. The molecule has 0 aromatic carbocycles. The molecular formula is C12H21N5O. The van der Waals surface area contributed by atoms with Crippen LogP contribution in [0, 0.1) is 0 Å². The summed E-state index contributed by atoms with van der Waals surface area (Å²) in [6.45, 7) is 4.50. The van der Waals surface area contributed by atoms with Crippen LogP contribution in [0.4, 0.5) is 0 Å². The number of piperazine rings is 1. The SMILES string of the molecule is CN1CCN(Cc2nc(C3CC3)no2)C(CN)C1. The van der Waals surface area contributed by atoms with Crippen LogP contribution in [0.5, 0.6) is 0 Å². The molecular weight excluding hydrogens is 230 g/mol. The quantitative estimate of drug-likeness (QED) is 0.813. The maximum absolute atomic E-state index is 5.84. The number of likely N-dealkylation sites (N-methyl/N-ethyl adjacent to an activating group) is 1. The Hall–Kier alpha value is -0.980. The highest BCUT2D eigenvalue weighted by atomic mass is 16.5. The molecule has 0 amide bonds. The highest BCUT2D eigenvalue weighted by Crippen LogP contribution is 2.38. The van der Waals surface area contributed by atoms with Crippen molar-refractivity contribution in [1.29, 1.82) is 0 Å². The summed E-state index contributed by atoms with van der Waals surface area (Å²) in [7, 11) is 2.14. The Kier molecular flexibility index (Phi) is 3.32. The van der Waals surface area contributed by atoms with Gasteiger partial charge in [0.15, 0.2) is 5.82 Å². The summed E-state index contributed by atoms with van der Waals surface area (Å²) in [5.74, 6) is 2.18. The fourth-order valence-electron chi connectivity index (χ4n) is 2.49. The molecule has 18 heavy (non-hydrogen) atoms. The zero-order valence-electron chi connectivity index (χ0n) is 10.9. The van der Waals surface area contributed by atoms with Gasteiger partial charge in [-0.15, -0.1) is 0 Å². The van der Waals surface area contributed by atoms with E-state index in [0.29, 0.717) is 18.5 Å². The van der Waals surface area contributed by atoms with Gasteiger partial charge in [-0.1, -0.05) is 5.16 Å². The van der Waals surface area contributed by atoms with E-state index in [2.05, 4.69) is 27.0 Å². The average Bonchev–Trinajstić information content (AvgIpc) is 3.12. The minimum absolute atomic E-state index is 0.389. The zero-order chi connectivity index (χ0) is 12.5. The first kappa shape index (κ1) is 12.1. The molecule has 0 radical (unpaired) electrons. The monoisotopic (exact) mass is 251 g/mol. The van der Waals surface area contributed by atoms with Crippen molar-refractivity contribution in [3.05, 3.63) is 11.7 Å². The van der Waals surface area contributed by atoms with Crippen LogP contribution in [0.25, 0.3) is 0 Å². The molecule has 2 heterocycles. The van der Waals surface area contributed by atoms with Crippen LogP contribution in [0.2, 0.25) is 0 Å². The van der Waals surface area contributed by atoms with E-state index in [9.17, 15) is 0 Å². The Morgan fingerprint density at radius 3 is 2.94 bits per heavy atom. The molecule has 1 aliphatic heterocycles. The van der Waals surface area contributed by atoms with Crippen molar-refractivity contribution in [1.82, 2.24) is 19.9 Å². The first-order valence-corrected chi connectivity index (χ1v) is 6.71. The predicted octanol–water partition coefficient (Wildman–Crippen LogP) is 0.0217. The maximum atomic E-state index is 5.84. The fraction of sp³-hybridized carbons (Fsp3) is 0.833. The van der Waals surface area contributed by atoms with Crippen LogP contribution in [-0.4, -0.2) is 59.2 Å². The van der Waals surface area contributed by atoms with Gasteiger partial charge in [0, 0.05) is 38.1 Å². The van der Waals surface area contributed by atoms with Crippen molar-refractivity contribution >= 4 is 0 Å². The van der Waals surface area contributed by atoms with Gasteiger partial charge in [0.1, 0.15) is 0 Å². The third kappa shape index (κ3) is 2.55. The molecule has 1 aliphatic carbocycles. The second-order valence-electron chi connectivity index (χ2n) is 5.44. The van der Waals surface area contributed by atoms with E-state index >= 15 is 0 Å². The molecule has 2 aliphatic rings. The molecule has 2 N–H and O–H groups in total. The summed E-state index contributed by atoms with van der Waals surface area (Å²) in [6, 6.07) is 0.389. The first-order chi connectivity index (χ1) is 8.76. The number of aromatic nitrogens is 2. The summed E-state index contributed by atoms with van der Waals surface area (Å²) >= 11 is 0. The zero-order valence-corrected chi connectivity index (χ0v) is 10.9. The Balaban J connectivity index is 1.62. The molecule has 100 valence electrons. The van der Waals surface area contributed by atoms with Gasteiger partial charge in [-0.3, -0.25) is 4.90 Å². The van der Waals surface area contributed by atoms with E-state index in [-0.39, 0.29) is 0 Å². The largest absolute Gasteiger partial charge is 0.338 e. The van der Waals surface area contributed by atoms with Crippen molar-refractivity contribution in [3.8, 4) is 0 Å². The second kappa shape index (κ2) is 4.95. The number of nitrogens with two attached hydrogens (primary N) is 1. The van der Waals surface area contributed by atoms with Crippen LogP contribution >= 0.6 is 0 Å². The predicted molar refractivity (Wildman–Crippen MR) is 67.0 cm³/mol. The van der Waals surface area contributed by atoms with Crippen molar-refractivity contribution < 1.29 is 4.52 Å². The third-order valence-electron chi connectivity index (χ3n) is 3.84. The lowest BCUT2D eigenvalue weighted by molar-refractivity contribution is 0.0784. The molecule has 1 saturated heterocycles. The number of rotatable bonds is 4. The molecule has 0 spiro atoms. The fourth-order valence-corrected chi connectivity index (χ4v) is 2.49. The van der Waals surface area contributed by atoms with Crippen LogP contribution < -0.4 is 5.73 Å². The van der Waals surface area contributed by atoms with Gasteiger partial charge >= 0.3 is 0 Å². The van der Waals surface area contributed by atoms with Crippen LogP contribution in [0.1, 0.15) is 30.5 Å². The number of hydrogen-bond donors (Lipinski definition) is 1. The van der Waals surface area contributed by atoms with Gasteiger partial charge in [-0.05, 0) is 19.9 Å². The molecule has 1 atom stereocenters. The summed E-state index contributed by atoms with van der Waals surface area (Å²) in [5.41, 5.74) is 5.84. The number of hydrogen-bond acceptors (Lipinski definition) is 6. The third-order valence-corrected chi connectivity index (χ3v) is 3.84. The molecule has 1 unspecified atom stereocenters. The highest BCUT2D eigenvalue weighted by Gasteiger charge is 2.30. The van der Waals surface area contributed by atoms with Gasteiger partial charge in [0.25, 0.3) is 0 Å². The van der Waals surface area contributed by atoms with Crippen LogP contribution in [0.15, 0.2) is 4.52 Å². The molecule has 3 rings (SSSR count). The van der Waals surface area contributed by atoms with Gasteiger partial charge in [0.2, 0.25) is 5.89 Å². The summed E-state index contributed by atoms with van der Waals surface area (Å²) in [5, 5.41) is 4.06. The van der Waals surface area contributed by atoms with Crippen molar-refractivity contribution in [3.63, 3.8) is 0 Å². The first-order valence-electron chi connectivity index (χ1n) is 6.71. The second-order valence-corrected chi connectivity index (χ2v) is 5.44. The van der Waals surface area contributed by atoms with Gasteiger partial charge < -0.3 is 15.2 Å². The summed E-state index contributed by atoms with van der Waals surface area (Å²) in [4.78, 5) is 9.15. The van der Waals surface area contributed by atoms with Crippen molar-refractivity contribution in [2.24, 2.45) is 5.73 Å². The Bertz CT molecular complexity index is 403. The van der Waals surface area contributed by atoms with E-state index in [1.54, 1.807) is 0 Å². The maximum Gasteiger partial charge on any atom is 0.240 e. The normalized spacial score (nSPS) is 26.7. The summed E-state index contributed by atoms with van der Waals surface area (Å²) in [6.07, 6.45) is 2.41. The average molecular weight is 251 g/mol. The van der Waals surface area contributed by atoms with E-state index in [0.717, 1.165) is 37.9 Å². The smallest absolute Gasteiger partial charge is 0.240 e. The Morgan fingerprint density at radius 2 is 2.22 bits per heavy atom. The van der Waals surface area contributed by atoms with E-state index in [1.807, 2.05) is 0 Å². The highest BCUT2D eigenvalue weighted by molar-refractivity contribution is 5.03. The Labute approximate surface area is 107 Å². The molecule has 6 heteroatoms. The van der Waals surface area contributed by atoms with Gasteiger partial charge in [-0.25, -0.2) is 0 Å². The van der Waals surface area contributed by atoms with Gasteiger partial charge in [0.05, 0.1) is 6.54 Å². The topological polar surface area (TPSA) is 71.4 Å². The van der Waals surface area contributed by atoms with Crippen LogP contribution in [0.3, 0.4) is 0 Å². The molecule has 2 fully saturated rings. The standard InChI is InChI=1S/C12H21N5O/c1-16-4-5-17(10(6-13)7-16)8-11-14-12(15-18-11)9-2-3-9/h9-10H,2-8,13H2,1H3. The molecule has 1 saturated carbocycles. The molecule has 0 bridgehead atoms. The molecule has 6 nitrogen and oxygen atoms in total. The van der Waals surface area contributed by atoms with Gasteiger partial charge in [-0.2, -0.15) is 4.98 Å². The molecule has 1 aromatic rings. The van der Waals surface area contributed by atoms with E-state index in [4.69, 9.17) is 10.3 Å².